The summed E-state index contributed by atoms with van der Waals surface area (Å²) in [5.41, 5.74) is 3.75. The van der Waals surface area contributed by atoms with Crippen LogP contribution in [0, 0.1) is 13.8 Å². The topological polar surface area (TPSA) is 62.0 Å². The van der Waals surface area contributed by atoms with Gasteiger partial charge in [-0.25, -0.2) is 0 Å². The van der Waals surface area contributed by atoms with Crippen LogP contribution in [-0.4, -0.2) is 16.9 Å². The molecule has 4 heteroatoms. The molecule has 1 fully saturated rings. The molecule has 3 rings (SSSR count). The van der Waals surface area contributed by atoms with E-state index in [2.05, 4.69) is 16.4 Å². The molecule has 1 amide bonds. The normalized spacial score (nSPS) is 14.4. The van der Waals surface area contributed by atoms with Crippen LogP contribution >= 0.6 is 0 Å². The lowest BCUT2D eigenvalue weighted by atomic mass is 10.0. The van der Waals surface area contributed by atoms with Crippen molar-refractivity contribution in [2.45, 2.75) is 45.6 Å². The van der Waals surface area contributed by atoms with Gasteiger partial charge < -0.3 is 10.3 Å². The Hall–Kier alpha value is -2.10. The molecule has 1 aromatic heterocycles. The molecular formula is C17H20N2O2. The van der Waals surface area contributed by atoms with E-state index >= 15 is 0 Å². The van der Waals surface area contributed by atoms with E-state index in [1.54, 1.807) is 0 Å². The van der Waals surface area contributed by atoms with Gasteiger partial charge in [0.15, 0.2) is 0 Å². The van der Waals surface area contributed by atoms with Crippen molar-refractivity contribution in [3.05, 3.63) is 45.2 Å². The summed E-state index contributed by atoms with van der Waals surface area (Å²) in [5.74, 6) is 0.0390. The second kappa shape index (κ2) is 5.35. The lowest BCUT2D eigenvalue weighted by Gasteiger charge is -2.08. The number of pyridine rings is 1. The number of benzene rings is 1. The minimum atomic E-state index is -0.0876. The van der Waals surface area contributed by atoms with Crippen molar-refractivity contribution < 1.29 is 4.79 Å². The van der Waals surface area contributed by atoms with E-state index in [0.29, 0.717) is 24.4 Å². The molecule has 0 bridgehead atoms. The van der Waals surface area contributed by atoms with E-state index in [9.17, 15) is 9.59 Å². The summed E-state index contributed by atoms with van der Waals surface area (Å²) in [6.07, 6.45) is 3.02. The predicted octanol–water partition coefficient (Wildman–Crippen LogP) is 2.36. The van der Waals surface area contributed by atoms with E-state index in [0.717, 1.165) is 34.9 Å². The molecule has 0 unspecified atom stereocenters. The second-order valence-electron chi connectivity index (χ2n) is 5.94. The molecular weight excluding hydrogens is 264 g/mol. The first-order valence-corrected chi connectivity index (χ1v) is 7.46. The van der Waals surface area contributed by atoms with E-state index in [1.165, 1.54) is 0 Å². The lowest BCUT2D eigenvalue weighted by molar-refractivity contribution is -0.121. The van der Waals surface area contributed by atoms with Crippen LogP contribution in [0.1, 0.15) is 36.0 Å². The van der Waals surface area contributed by atoms with Gasteiger partial charge in [-0.3, -0.25) is 9.59 Å². The van der Waals surface area contributed by atoms with Gasteiger partial charge >= 0.3 is 0 Å². The van der Waals surface area contributed by atoms with E-state index < -0.39 is 0 Å². The summed E-state index contributed by atoms with van der Waals surface area (Å²) < 4.78 is 0. The predicted molar refractivity (Wildman–Crippen MR) is 83.5 cm³/mol. The highest BCUT2D eigenvalue weighted by Gasteiger charge is 2.23. The van der Waals surface area contributed by atoms with Gasteiger partial charge in [0.2, 0.25) is 5.91 Å². The molecule has 0 atom stereocenters. The number of rotatable bonds is 4. The first-order chi connectivity index (χ1) is 10.0. The fraction of sp³-hybridized carbons (Fsp3) is 0.412. The van der Waals surface area contributed by atoms with Gasteiger partial charge in [-0.05, 0) is 55.7 Å². The van der Waals surface area contributed by atoms with Crippen molar-refractivity contribution >= 4 is 16.8 Å². The van der Waals surface area contributed by atoms with Gasteiger partial charge in [0.25, 0.3) is 5.56 Å². The number of amides is 1. The number of aromatic amines is 1. The average Bonchev–Trinajstić information content (AvgIpc) is 3.25. The number of hydrogen-bond donors (Lipinski definition) is 2. The number of aromatic nitrogens is 1. The van der Waals surface area contributed by atoms with Crippen LogP contribution in [0.5, 0.6) is 0 Å². The molecule has 1 aromatic carbocycles. The van der Waals surface area contributed by atoms with Crippen LogP contribution in [0.15, 0.2) is 23.0 Å². The van der Waals surface area contributed by atoms with E-state index in [4.69, 9.17) is 0 Å². The van der Waals surface area contributed by atoms with Crippen molar-refractivity contribution in [1.29, 1.82) is 0 Å². The fourth-order valence-corrected chi connectivity index (χ4v) is 2.53. The molecule has 21 heavy (non-hydrogen) atoms. The Balaban J connectivity index is 1.82. The molecule has 0 saturated heterocycles. The zero-order valence-electron chi connectivity index (χ0n) is 12.5. The Bertz CT molecular complexity index is 757. The lowest BCUT2D eigenvalue weighted by Crippen LogP contribution is -2.26. The average molecular weight is 284 g/mol. The fourth-order valence-electron chi connectivity index (χ4n) is 2.53. The molecule has 2 aromatic rings. The second-order valence-corrected chi connectivity index (χ2v) is 5.94. The van der Waals surface area contributed by atoms with E-state index in [-0.39, 0.29) is 11.5 Å². The number of H-pyrrole nitrogens is 1. The summed E-state index contributed by atoms with van der Waals surface area (Å²) in [5, 5.41) is 3.97. The molecule has 0 aliphatic heterocycles. The zero-order valence-corrected chi connectivity index (χ0v) is 12.5. The molecule has 1 aliphatic carbocycles. The van der Waals surface area contributed by atoms with Crippen LogP contribution in [0.4, 0.5) is 0 Å². The maximum absolute atomic E-state index is 12.2. The highest BCUT2D eigenvalue weighted by Crippen LogP contribution is 2.20. The SMILES string of the molecule is Cc1ccc2cc(CCC(=O)NC3CC3)c(=O)[nH]c2c1C. The number of fused-ring (bicyclic) bond motifs is 1. The zero-order chi connectivity index (χ0) is 15.0. The van der Waals surface area contributed by atoms with Crippen LogP contribution < -0.4 is 10.9 Å². The van der Waals surface area contributed by atoms with Crippen LogP contribution in [0.3, 0.4) is 0 Å². The van der Waals surface area contributed by atoms with Gasteiger partial charge in [-0.1, -0.05) is 12.1 Å². The maximum atomic E-state index is 12.2. The highest BCUT2D eigenvalue weighted by atomic mass is 16.1. The molecule has 110 valence electrons. The Morgan fingerprint density at radius 3 is 2.81 bits per heavy atom. The number of nitrogens with one attached hydrogen (secondary N) is 2. The minimum absolute atomic E-state index is 0.0390. The van der Waals surface area contributed by atoms with Gasteiger partial charge in [-0.15, -0.1) is 0 Å². The summed E-state index contributed by atoms with van der Waals surface area (Å²) in [7, 11) is 0. The summed E-state index contributed by atoms with van der Waals surface area (Å²) in [4.78, 5) is 26.8. The van der Waals surface area contributed by atoms with Crippen molar-refractivity contribution in [2.24, 2.45) is 0 Å². The largest absolute Gasteiger partial charge is 0.353 e. The number of aryl methyl sites for hydroxylation is 3. The number of hydrogen-bond acceptors (Lipinski definition) is 2. The Kier molecular flexibility index (Phi) is 3.53. The number of carbonyl (C=O) groups excluding carboxylic acids is 1. The minimum Gasteiger partial charge on any atom is -0.353 e. The van der Waals surface area contributed by atoms with Crippen molar-refractivity contribution in [1.82, 2.24) is 10.3 Å². The van der Waals surface area contributed by atoms with Crippen molar-refractivity contribution in [2.75, 3.05) is 0 Å². The molecule has 4 nitrogen and oxygen atoms in total. The molecule has 1 saturated carbocycles. The van der Waals surface area contributed by atoms with Gasteiger partial charge in [0.1, 0.15) is 0 Å². The smallest absolute Gasteiger partial charge is 0.251 e. The summed E-state index contributed by atoms with van der Waals surface area (Å²) in [6.45, 7) is 4.04. The van der Waals surface area contributed by atoms with Crippen molar-refractivity contribution in [3.63, 3.8) is 0 Å². The third-order valence-electron chi connectivity index (χ3n) is 4.19. The van der Waals surface area contributed by atoms with E-state index in [1.807, 2.05) is 26.0 Å². The number of carbonyl (C=O) groups is 1. The van der Waals surface area contributed by atoms with Crippen LogP contribution in [-0.2, 0) is 11.2 Å². The molecule has 1 aliphatic rings. The summed E-state index contributed by atoms with van der Waals surface area (Å²) in [6, 6.07) is 6.35. The van der Waals surface area contributed by atoms with Gasteiger partial charge in [0.05, 0.1) is 5.52 Å². The van der Waals surface area contributed by atoms with Gasteiger partial charge in [-0.2, -0.15) is 0 Å². The molecule has 0 radical (unpaired) electrons. The quantitative estimate of drug-likeness (QED) is 0.905. The third kappa shape index (κ3) is 2.99. The Morgan fingerprint density at radius 2 is 2.10 bits per heavy atom. The standard InChI is InChI=1S/C17H20N2O2/c1-10-3-4-12-9-13(17(21)19-16(12)11(10)2)5-8-15(20)18-14-6-7-14/h3-4,9,14H,5-8H2,1-2H3,(H,18,20)(H,19,21). The van der Waals surface area contributed by atoms with Crippen LogP contribution in [0.2, 0.25) is 0 Å². The molecule has 2 N–H and O–H groups in total. The highest BCUT2D eigenvalue weighted by molar-refractivity contribution is 5.83. The summed E-state index contributed by atoms with van der Waals surface area (Å²) >= 11 is 0. The van der Waals surface area contributed by atoms with Gasteiger partial charge in [0, 0.05) is 18.0 Å². The molecule has 1 heterocycles. The monoisotopic (exact) mass is 284 g/mol. The van der Waals surface area contributed by atoms with Crippen molar-refractivity contribution in [3.8, 4) is 0 Å². The maximum Gasteiger partial charge on any atom is 0.251 e. The first-order valence-electron chi connectivity index (χ1n) is 7.46. The Labute approximate surface area is 123 Å². The van der Waals surface area contributed by atoms with Crippen LogP contribution in [0.25, 0.3) is 10.9 Å². The molecule has 0 spiro atoms. The Morgan fingerprint density at radius 1 is 1.33 bits per heavy atom. The first kappa shape index (κ1) is 13.9. The third-order valence-corrected chi connectivity index (χ3v) is 4.19.